The number of anilines is 2. The number of rotatable bonds is 5. The molecule has 6 heteroatoms. The summed E-state index contributed by atoms with van der Waals surface area (Å²) in [7, 11) is 0. The molecule has 114 valence electrons. The first-order valence-electron chi connectivity index (χ1n) is 6.91. The van der Waals surface area contributed by atoms with Crippen LogP contribution in [0.4, 0.5) is 17.1 Å². The molecule has 0 fully saturated rings. The normalized spacial score (nSPS) is 10.1. The number of pyridine rings is 1. The Bertz CT molecular complexity index is 805. The van der Waals surface area contributed by atoms with Crippen molar-refractivity contribution in [1.29, 1.82) is 0 Å². The minimum absolute atomic E-state index is 0.0320. The van der Waals surface area contributed by atoms with E-state index in [1.165, 1.54) is 6.07 Å². The van der Waals surface area contributed by atoms with Crippen molar-refractivity contribution in [3.8, 4) is 11.5 Å². The predicted molar refractivity (Wildman–Crippen MR) is 87.1 cm³/mol. The highest BCUT2D eigenvalue weighted by atomic mass is 16.6. The molecule has 1 heterocycles. The maximum atomic E-state index is 11.0. The Morgan fingerprint density at radius 1 is 0.913 bits per heavy atom. The number of nitro benzene ring substituents is 1. The molecular weight excluding hydrogens is 294 g/mol. The van der Waals surface area contributed by atoms with Gasteiger partial charge in [0.05, 0.1) is 4.92 Å². The van der Waals surface area contributed by atoms with E-state index in [-0.39, 0.29) is 5.69 Å². The lowest BCUT2D eigenvalue weighted by molar-refractivity contribution is -0.383. The molecule has 0 radical (unpaired) electrons. The third-order valence-corrected chi connectivity index (χ3v) is 3.12. The van der Waals surface area contributed by atoms with E-state index >= 15 is 0 Å². The molecule has 0 bridgehead atoms. The molecule has 1 aromatic heterocycles. The van der Waals surface area contributed by atoms with Gasteiger partial charge in [0.15, 0.2) is 0 Å². The maximum absolute atomic E-state index is 11.0. The third kappa shape index (κ3) is 3.62. The molecule has 0 amide bonds. The van der Waals surface area contributed by atoms with Crippen molar-refractivity contribution < 1.29 is 9.66 Å². The molecule has 23 heavy (non-hydrogen) atoms. The molecule has 0 saturated heterocycles. The number of ether oxygens (including phenoxy) is 1. The van der Waals surface area contributed by atoms with Gasteiger partial charge in [0.2, 0.25) is 0 Å². The highest BCUT2D eigenvalue weighted by molar-refractivity contribution is 5.69. The van der Waals surface area contributed by atoms with E-state index < -0.39 is 4.92 Å². The number of hydrogen-bond acceptors (Lipinski definition) is 5. The van der Waals surface area contributed by atoms with Crippen LogP contribution in [0.2, 0.25) is 0 Å². The number of nitro groups is 1. The lowest BCUT2D eigenvalue weighted by Crippen LogP contribution is -1.96. The highest BCUT2D eigenvalue weighted by Crippen LogP contribution is 2.28. The van der Waals surface area contributed by atoms with Crippen molar-refractivity contribution in [1.82, 2.24) is 4.98 Å². The third-order valence-electron chi connectivity index (χ3n) is 3.12. The fraction of sp³-hybridized carbons (Fsp3) is 0. The van der Waals surface area contributed by atoms with E-state index in [9.17, 15) is 10.1 Å². The molecular formula is C17H13N3O3. The van der Waals surface area contributed by atoms with Crippen molar-refractivity contribution >= 4 is 17.1 Å². The fourth-order valence-electron chi connectivity index (χ4n) is 2.04. The van der Waals surface area contributed by atoms with Crippen molar-refractivity contribution in [3.05, 3.63) is 83.2 Å². The summed E-state index contributed by atoms with van der Waals surface area (Å²) in [5.41, 5.74) is 1.21. The van der Waals surface area contributed by atoms with Gasteiger partial charge in [0.1, 0.15) is 17.2 Å². The first-order valence-corrected chi connectivity index (χ1v) is 6.91. The van der Waals surface area contributed by atoms with Gasteiger partial charge >= 0.3 is 0 Å². The monoisotopic (exact) mass is 307 g/mol. The van der Waals surface area contributed by atoms with E-state index in [0.29, 0.717) is 17.2 Å². The van der Waals surface area contributed by atoms with Gasteiger partial charge in [-0.25, -0.2) is 0 Å². The summed E-state index contributed by atoms with van der Waals surface area (Å²) in [6.45, 7) is 0. The summed E-state index contributed by atoms with van der Waals surface area (Å²) < 4.78 is 5.67. The lowest BCUT2D eigenvalue weighted by Gasteiger charge is -2.09. The summed E-state index contributed by atoms with van der Waals surface area (Å²) in [4.78, 5) is 14.5. The molecule has 0 saturated carbocycles. The van der Waals surface area contributed by atoms with Crippen LogP contribution in [-0.4, -0.2) is 9.91 Å². The number of benzene rings is 2. The SMILES string of the molecule is O=[N+]([O-])c1ccccc1Nc1ccc(Oc2ccncc2)cc1. The van der Waals surface area contributed by atoms with Crippen LogP contribution in [0.5, 0.6) is 11.5 Å². The van der Waals surface area contributed by atoms with E-state index in [4.69, 9.17) is 4.74 Å². The number of hydrogen-bond donors (Lipinski definition) is 1. The molecule has 2 aromatic carbocycles. The average molecular weight is 307 g/mol. The molecule has 0 spiro atoms. The Balaban J connectivity index is 1.74. The van der Waals surface area contributed by atoms with Crippen molar-refractivity contribution in [2.45, 2.75) is 0 Å². The Labute approximate surface area is 132 Å². The minimum atomic E-state index is -0.413. The fourth-order valence-corrected chi connectivity index (χ4v) is 2.04. The summed E-state index contributed by atoms with van der Waals surface area (Å²) in [6, 6.07) is 17.2. The Kier molecular flexibility index (Phi) is 4.15. The standard InChI is InChI=1S/C17H13N3O3/c21-20(22)17-4-2-1-3-16(17)19-13-5-7-14(8-6-13)23-15-9-11-18-12-10-15/h1-12,19H. The molecule has 0 aliphatic rings. The van der Waals surface area contributed by atoms with Crippen LogP contribution in [0.3, 0.4) is 0 Å². The Hall–Kier alpha value is -3.41. The number of nitrogens with one attached hydrogen (secondary N) is 1. The van der Waals surface area contributed by atoms with Gasteiger partial charge in [-0.2, -0.15) is 0 Å². The van der Waals surface area contributed by atoms with Crippen LogP contribution in [0.1, 0.15) is 0 Å². The second-order valence-electron chi connectivity index (χ2n) is 4.71. The molecule has 3 aromatic rings. The second-order valence-corrected chi connectivity index (χ2v) is 4.71. The summed E-state index contributed by atoms with van der Waals surface area (Å²) in [5.74, 6) is 1.36. The smallest absolute Gasteiger partial charge is 0.292 e. The highest BCUT2D eigenvalue weighted by Gasteiger charge is 2.12. The van der Waals surface area contributed by atoms with Gasteiger partial charge in [0.25, 0.3) is 5.69 Å². The molecule has 0 atom stereocenters. The van der Waals surface area contributed by atoms with Crippen LogP contribution in [-0.2, 0) is 0 Å². The molecule has 3 rings (SSSR count). The van der Waals surface area contributed by atoms with Crippen LogP contribution in [0.25, 0.3) is 0 Å². The zero-order valence-electron chi connectivity index (χ0n) is 12.0. The van der Waals surface area contributed by atoms with Gasteiger partial charge in [-0.3, -0.25) is 15.1 Å². The molecule has 0 unspecified atom stereocenters. The van der Waals surface area contributed by atoms with Crippen LogP contribution < -0.4 is 10.1 Å². The number of para-hydroxylation sites is 2. The Morgan fingerprint density at radius 2 is 1.57 bits per heavy atom. The maximum Gasteiger partial charge on any atom is 0.292 e. The second kappa shape index (κ2) is 6.57. The van der Waals surface area contributed by atoms with Gasteiger partial charge in [-0.1, -0.05) is 12.1 Å². The molecule has 6 nitrogen and oxygen atoms in total. The van der Waals surface area contributed by atoms with Crippen LogP contribution >= 0.6 is 0 Å². The lowest BCUT2D eigenvalue weighted by atomic mass is 10.2. The summed E-state index contributed by atoms with van der Waals surface area (Å²) >= 11 is 0. The summed E-state index contributed by atoms with van der Waals surface area (Å²) in [6.07, 6.45) is 3.31. The molecule has 0 aliphatic heterocycles. The van der Waals surface area contributed by atoms with Crippen LogP contribution in [0, 0.1) is 10.1 Å². The van der Waals surface area contributed by atoms with E-state index in [2.05, 4.69) is 10.3 Å². The van der Waals surface area contributed by atoms with E-state index in [0.717, 1.165) is 5.69 Å². The van der Waals surface area contributed by atoms with Gasteiger partial charge in [-0.05, 0) is 42.5 Å². The Morgan fingerprint density at radius 3 is 2.26 bits per heavy atom. The van der Waals surface area contributed by atoms with E-state index in [1.807, 2.05) is 0 Å². The van der Waals surface area contributed by atoms with Crippen molar-refractivity contribution in [3.63, 3.8) is 0 Å². The largest absolute Gasteiger partial charge is 0.457 e. The van der Waals surface area contributed by atoms with Gasteiger partial charge in [0, 0.05) is 24.1 Å². The van der Waals surface area contributed by atoms with Crippen LogP contribution in [0.15, 0.2) is 73.1 Å². The number of aromatic nitrogens is 1. The average Bonchev–Trinajstić information content (AvgIpc) is 2.58. The van der Waals surface area contributed by atoms with E-state index in [1.54, 1.807) is 67.0 Å². The van der Waals surface area contributed by atoms with Gasteiger partial charge < -0.3 is 10.1 Å². The first-order chi connectivity index (χ1) is 11.2. The first kappa shape index (κ1) is 14.5. The van der Waals surface area contributed by atoms with Gasteiger partial charge in [-0.15, -0.1) is 0 Å². The predicted octanol–water partition coefficient (Wildman–Crippen LogP) is 4.53. The summed E-state index contributed by atoms with van der Waals surface area (Å²) in [5, 5.41) is 14.0. The molecule has 0 aliphatic carbocycles. The minimum Gasteiger partial charge on any atom is -0.457 e. The molecule has 1 N–H and O–H groups in total. The zero-order chi connectivity index (χ0) is 16.1. The zero-order valence-corrected chi connectivity index (χ0v) is 12.0. The quantitative estimate of drug-likeness (QED) is 0.553. The topological polar surface area (TPSA) is 77.3 Å². The van der Waals surface area contributed by atoms with Crippen molar-refractivity contribution in [2.24, 2.45) is 0 Å². The van der Waals surface area contributed by atoms with Crippen molar-refractivity contribution in [2.75, 3.05) is 5.32 Å². The number of nitrogens with zero attached hydrogens (tertiary/aromatic N) is 2.